The molecule has 0 unspecified atom stereocenters. The van der Waals surface area contributed by atoms with Gasteiger partial charge in [0.05, 0.1) is 7.11 Å². The zero-order chi connectivity index (χ0) is 8.53. The summed E-state index contributed by atoms with van der Waals surface area (Å²) in [5.41, 5.74) is 0. The van der Waals surface area contributed by atoms with Gasteiger partial charge in [0.2, 0.25) is 0 Å². The molecule has 0 atom stereocenters. The topological polar surface area (TPSA) is 9.23 Å². The van der Waals surface area contributed by atoms with E-state index in [0.717, 1.165) is 5.75 Å². The van der Waals surface area contributed by atoms with Crippen LogP contribution in [-0.2, 0) is 15.1 Å². The van der Waals surface area contributed by atoms with E-state index >= 15 is 0 Å². The van der Waals surface area contributed by atoms with Crippen LogP contribution < -0.4 is 4.74 Å². The molecule has 0 aliphatic rings. The molecular weight excluding hydrogens is 236 g/mol. The van der Waals surface area contributed by atoms with Crippen molar-refractivity contribution in [2.75, 3.05) is 7.11 Å². The van der Waals surface area contributed by atoms with E-state index in [2.05, 4.69) is 6.07 Å². The molecule has 0 saturated heterocycles. The Morgan fingerprint density at radius 1 is 1.36 bits per heavy atom. The summed E-state index contributed by atoms with van der Waals surface area (Å²) in [6.07, 6.45) is 0. The van der Waals surface area contributed by atoms with Gasteiger partial charge >= 0.3 is 34.5 Å². The Bertz CT molecular complexity index is 169. The second kappa shape index (κ2) is 8.32. The van der Waals surface area contributed by atoms with Gasteiger partial charge in [-0.15, -0.1) is 0 Å². The Morgan fingerprint density at radius 2 is 1.82 bits per heavy atom. The van der Waals surface area contributed by atoms with Crippen molar-refractivity contribution in [2.45, 2.75) is 0 Å². The number of hydrogen-bond donors (Lipinski definition) is 0. The first-order valence-corrected chi connectivity index (χ1v) is 10.8. The Labute approximate surface area is 82.3 Å². The number of methoxy groups -OCH3 is 1. The molecule has 0 saturated carbocycles. The van der Waals surface area contributed by atoms with Crippen LogP contribution in [0.4, 0.5) is 0 Å². The van der Waals surface area contributed by atoms with Crippen molar-refractivity contribution < 1.29 is 19.9 Å². The van der Waals surface area contributed by atoms with E-state index in [1.165, 1.54) is 0 Å². The summed E-state index contributed by atoms with van der Waals surface area (Å²) < 4.78 is 4.89. The normalized spacial score (nSPS) is 7.18. The van der Waals surface area contributed by atoms with E-state index in [1.54, 1.807) is 7.11 Å². The fourth-order valence-corrected chi connectivity index (χ4v) is 0.508. The van der Waals surface area contributed by atoms with Crippen LogP contribution >= 0.6 is 19.4 Å². The number of rotatable bonds is 1. The Hall–Kier alpha value is 0.223. The van der Waals surface area contributed by atoms with Gasteiger partial charge in [0.15, 0.2) is 0 Å². The minimum atomic E-state index is -0.931. The molecule has 11 heavy (non-hydrogen) atoms. The monoisotopic (exact) mass is 241 g/mol. The molecule has 0 bridgehead atoms. The molecule has 0 heterocycles. The van der Waals surface area contributed by atoms with E-state index in [-0.39, 0.29) is 0 Å². The first-order chi connectivity index (χ1) is 5.35. The fourth-order valence-electron chi connectivity index (χ4n) is 0.508. The maximum atomic E-state index is 4.95. The van der Waals surface area contributed by atoms with Crippen LogP contribution in [0.1, 0.15) is 0 Å². The van der Waals surface area contributed by atoms with E-state index in [9.17, 15) is 0 Å². The molecule has 0 N–H and O–H groups in total. The van der Waals surface area contributed by atoms with Crippen molar-refractivity contribution in [2.24, 2.45) is 0 Å². The van der Waals surface area contributed by atoms with Gasteiger partial charge in [-0.1, -0.05) is 12.1 Å². The number of hydrogen-bond acceptors (Lipinski definition) is 1. The summed E-state index contributed by atoms with van der Waals surface area (Å²) >= 11 is -0.931. The Kier molecular flexibility index (Phi) is 8.49. The van der Waals surface area contributed by atoms with E-state index in [4.69, 9.17) is 24.1 Å². The number of ether oxygens (including phenoxy) is 1. The summed E-state index contributed by atoms with van der Waals surface area (Å²) in [4.78, 5) is 0. The third-order valence-corrected chi connectivity index (χ3v) is 0.923. The van der Waals surface area contributed by atoms with Crippen molar-refractivity contribution in [1.29, 1.82) is 0 Å². The quantitative estimate of drug-likeness (QED) is 0.689. The molecular formula is C7H7Cl2OZn. The molecule has 0 aliphatic heterocycles. The van der Waals surface area contributed by atoms with Crippen LogP contribution in [0.25, 0.3) is 0 Å². The van der Waals surface area contributed by atoms with Gasteiger partial charge < -0.3 is 4.74 Å². The molecule has 0 amide bonds. The van der Waals surface area contributed by atoms with Crippen molar-refractivity contribution in [3.05, 3.63) is 30.3 Å². The van der Waals surface area contributed by atoms with Gasteiger partial charge in [0.25, 0.3) is 0 Å². The van der Waals surface area contributed by atoms with Crippen molar-refractivity contribution >= 4 is 19.4 Å². The minimum absolute atomic E-state index is 0.878. The van der Waals surface area contributed by atoms with E-state index in [1.807, 2.05) is 24.3 Å². The van der Waals surface area contributed by atoms with Gasteiger partial charge in [0, 0.05) is 0 Å². The zero-order valence-electron chi connectivity index (χ0n) is 6.18. The predicted octanol–water partition coefficient (Wildman–Crippen LogP) is 2.87. The summed E-state index contributed by atoms with van der Waals surface area (Å²) in [6, 6.07) is 10.2. The van der Waals surface area contributed by atoms with Gasteiger partial charge in [0.1, 0.15) is 5.75 Å². The molecule has 0 fully saturated rings. The Balaban J connectivity index is 0.000000292. The second-order valence-electron chi connectivity index (χ2n) is 1.54. The van der Waals surface area contributed by atoms with E-state index < -0.39 is 15.1 Å². The predicted molar refractivity (Wildman–Crippen MR) is 43.5 cm³/mol. The summed E-state index contributed by atoms with van der Waals surface area (Å²) in [6.45, 7) is 0. The van der Waals surface area contributed by atoms with Crippen LogP contribution in [0, 0.1) is 6.07 Å². The maximum absolute atomic E-state index is 4.95. The van der Waals surface area contributed by atoms with Crippen LogP contribution in [0.15, 0.2) is 24.3 Å². The average Bonchev–Trinajstić information content (AvgIpc) is 2.08. The van der Waals surface area contributed by atoms with E-state index in [0.29, 0.717) is 0 Å². The molecule has 1 nitrogen and oxygen atoms in total. The first-order valence-electron chi connectivity index (χ1n) is 2.97. The standard InChI is InChI=1S/C7H7O.2ClH.Zn/c1-8-7-5-3-2-4-6-7;;;/h3-6H,1H3;2*1H;/q;;;+2/p-2. The fraction of sp³-hybridized carbons (Fsp3) is 0.143. The molecule has 1 radical (unpaired) electrons. The molecule has 4 heteroatoms. The SMILES string of the molecule is COc1cc[c]cc1.[Cl][Zn][Cl]. The molecule has 0 aliphatic carbocycles. The Morgan fingerprint density at radius 3 is 2.09 bits per heavy atom. The molecule has 1 aromatic rings. The second-order valence-corrected chi connectivity index (χ2v) is 6.16. The third kappa shape index (κ3) is 6.61. The van der Waals surface area contributed by atoms with Crippen LogP contribution in [0.5, 0.6) is 5.75 Å². The number of halogens is 2. The van der Waals surface area contributed by atoms with Crippen molar-refractivity contribution in [1.82, 2.24) is 0 Å². The van der Waals surface area contributed by atoms with Gasteiger partial charge in [-0.25, -0.2) is 0 Å². The van der Waals surface area contributed by atoms with Gasteiger partial charge in [-0.05, 0) is 18.2 Å². The summed E-state index contributed by atoms with van der Waals surface area (Å²) in [5.74, 6) is 0.878. The summed E-state index contributed by atoms with van der Waals surface area (Å²) in [5, 5.41) is 0. The molecule has 1 rings (SSSR count). The van der Waals surface area contributed by atoms with Crippen LogP contribution in [0.2, 0.25) is 0 Å². The van der Waals surface area contributed by atoms with Crippen molar-refractivity contribution in [3.8, 4) is 5.75 Å². The molecule has 0 aromatic heterocycles. The van der Waals surface area contributed by atoms with Crippen molar-refractivity contribution in [3.63, 3.8) is 0 Å². The van der Waals surface area contributed by atoms with Crippen LogP contribution in [-0.4, -0.2) is 7.11 Å². The van der Waals surface area contributed by atoms with Gasteiger partial charge in [-0.3, -0.25) is 0 Å². The molecule has 57 valence electrons. The summed E-state index contributed by atoms with van der Waals surface area (Å²) in [7, 11) is 11.6. The zero-order valence-corrected chi connectivity index (χ0v) is 10.7. The van der Waals surface area contributed by atoms with Crippen LogP contribution in [0.3, 0.4) is 0 Å². The van der Waals surface area contributed by atoms with Gasteiger partial charge in [-0.2, -0.15) is 0 Å². The average molecular weight is 243 g/mol. The first kappa shape index (κ1) is 11.2. The number of benzene rings is 1. The third-order valence-electron chi connectivity index (χ3n) is 0.923. The molecule has 0 spiro atoms. The molecule has 1 aromatic carbocycles.